The van der Waals surface area contributed by atoms with Crippen molar-refractivity contribution in [3.05, 3.63) is 68.9 Å². The van der Waals surface area contributed by atoms with Gasteiger partial charge in [-0.3, -0.25) is 19.1 Å². The highest BCUT2D eigenvalue weighted by atomic mass is 16.2. The number of nitrogens with two attached hydrogens (primary N) is 1. The van der Waals surface area contributed by atoms with Gasteiger partial charge in [-0.2, -0.15) is 5.10 Å². The average Bonchev–Trinajstić information content (AvgIpc) is 3.25. The third-order valence-corrected chi connectivity index (χ3v) is 5.02. The third kappa shape index (κ3) is 5.13. The second-order valence-electron chi connectivity index (χ2n) is 8.10. The third-order valence-electron chi connectivity index (χ3n) is 5.02. The number of nitrogens with one attached hydrogen (secondary N) is 1. The van der Waals surface area contributed by atoms with Gasteiger partial charge in [-0.25, -0.2) is 14.5 Å². The number of carbonyl (C=O) groups is 1. The summed E-state index contributed by atoms with van der Waals surface area (Å²) in [6.07, 6.45) is 4.66. The molecule has 0 saturated carbocycles. The molecule has 0 aliphatic carbocycles. The van der Waals surface area contributed by atoms with Crippen molar-refractivity contribution in [2.75, 3.05) is 17.2 Å². The van der Waals surface area contributed by atoms with Crippen LogP contribution in [0.5, 0.6) is 0 Å². The molecule has 3 rings (SSSR count). The number of benzene rings is 1. The van der Waals surface area contributed by atoms with Crippen LogP contribution >= 0.6 is 0 Å². The summed E-state index contributed by atoms with van der Waals surface area (Å²) in [6.45, 7) is 7.05. The average molecular weight is 440 g/mol. The molecule has 32 heavy (non-hydrogen) atoms. The van der Waals surface area contributed by atoms with E-state index < -0.39 is 11.2 Å². The molecule has 0 atom stereocenters. The predicted molar refractivity (Wildman–Crippen MR) is 123 cm³/mol. The van der Waals surface area contributed by atoms with Crippen LogP contribution < -0.4 is 21.9 Å². The number of hydrogen-bond acceptors (Lipinski definition) is 6. The Morgan fingerprint density at radius 2 is 1.94 bits per heavy atom. The molecule has 0 fully saturated rings. The molecule has 0 bridgehead atoms. The fourth-order valence-electron chi connectivity index (χ4n) is 3.43. The summed E-state index contributed by atoms with van der Waals surface area (Å²) >= 11 is 0. The number of carbonyl (C=O) groups excluding carboxylic acids is 1. The van der Waals surface area contributed by atoms with Crippen molar-refractivity contribution in [3.63, 3.8) is 0 Å². The number of aromatic amines is 1. The molecule has 170 valence electrons. The molecule has 0 aliphatic heterocycles. The van der Waals surface area contributed by atoms with Crippen molar-refractivity contribution in [1.82, 2.24) is 24.3 Å². The quantitative estimate of drug-likeness (QED) is 0.523. The Hall–Kier alpha value is -3.69. The first-order valence-electron chi connectivity index (χ1n) is 10.7. The molecule has 1 aromatic carbocycles. The van der Waals surface area contributed by atoms with E-state index >= 15 is 0 Å². The van der Waals surface area contributed by atoms with Crippen LogP contribution in [0.4, 0.5) is 11.5 Å². The van der Waals surface area contributed by atoms with Gasteiger partial charge in [0.15, 0.2) is 5.69 Å². The van der Waals surface area contributed by atoms with E-state index in [9.17, 15) is 14.4 Å². The van der Waals surface area contributed by atoms with Crippen LogP contribution in [0.25, 0.3) is 0 Å². The Morgan fingerprint density at radius 1 is 1.22 bits per heavy atom. The Bertz CT molecular complexity index is 1160. The van der Waals surface area contributed by atoms with Crippen LogP contribution in [0.1, 0.15) is 49.5 Å². The molecule has 1 amide bonds. The van der Waals surface area contributed by atoms with Crippen molar-refractivity contribution in [2.45, 2.75) is 46.7 Å². The van der Waals surface area contributed by atoms with Gasteiger partial charge in [-0.1, -0.05) is 39.3 Å². The minimum absolute atomic E-state index is 0.00371. The largest absolute Gasteiger partial charge is 0.383 e. The summed E-state index contributed by atoms with van der Waals surface area (Å²) in [4.78, 5) is 46.0. The molecule has 3 N–H and O–H groups in total. The van der Waals surface area contributed by atoms with Gasteiger partial charge in [0.05, 0.1) is 6.54 Å². The van der Waals surface area contributed by atoms with E-state index in [2.05, 4.69) is 15.1 Å². The molecule has 2 heterocycles. The second kappa shape index (κ2) is 10.1. The fraction of sp³-hybridized carbons (Fsp3) is 0.409. The summed E-state index contributed by atoms with van der Waals surface area (Å²) in [6, 6.07) is 7.08. The molecule has 0 aliphatic rings. The standard InChI is InChI=1S/C22H29N7O3/c1-4-5-10-28-19(23)18(20(30)26-22(28)32)29(11-15(2)3)21(31)17-8-6-16(7-9-17)12-27-14-24-13-25-27/h6-9,13-15H,4-5,10-12,23H2,1-3H3,(H,26,30,32). The van der Waals surface area contributed by atoms with Crippen molar-refractivity contribution >= 4 is 17.4 Å². The predicted octanol–water partition coefficient (Wildman–Crippen LogP) is 1.86. The summed E-state index contributed by atoms with van der Waals surface area (Å²) in [5, 5.41) is 4.08. The first-order valence-corrected chi connectivity index (χ1v) is 10.7. The number of nitrogen functional groups attached to an aromatic ring is 1. The highest BCUT2D eigenvalue weighted by Crippen LogP contribution is 2.21. The topological polar surface area (TPSA) is 132 Å². The summed E-state index contributed by atoms with van der Waals surface area (Å²) < 4.78 is 3.00. The number of aromatic nitrogens is 5. The van der Waals surface area contributed by atoms with E-state index in [1.807, 2.05) is 32.9 Å². The number of nitrogens with zero attached hydrogens (tertiary/aromatic N) is 5. The minimum Gasteiger partial charge on any atom is -0.383 e. The highest BCUT2D eigenvalue weighted by Gasteiger charge is 2.26. The number of hydrogen-bond donors (Lipinski definition) is 2. The Balaban J connectivity index is 1.97. The van der Waals surface area contributed by atoms with Gasteiger partial charge >= 0.3 is 5.69 Å². The van der Waals surface area contributed by atoms with Crippen molar-refractivity contribution in [3.8, 4) is 0 Å². The lowest BCUT2D eigenvalue weighted by Gasteiger charge is -2.26. The van der Waals surface area contributed by atoms with Gasteiger partial charge in [0.2, 0.25) is 0 Å². The van der Waals surface area contributed by atoms with Crippen LogP contribution in [-0.4, -0.2) is 36.8 Å². The van der Waals surface area contributed by atoms with Crippen LogP contribution in [-0.2, 0) is 13.1 Å². The van der Waals surface area contributed by atoms with Crippen molar-refractivity contribution < 1.29 is 4.79 Å². The van der Waals surface area contributed by atoms with Crippen LogP contribution in [0, 0.1) is 5.92 Å². The van der Waals surface area contributed by atoms with E-state index in [0.717, 1.165) is 18.4 Å². The summed E-state index contributed by atoms with van der Waals surface area (Å²) in [5.74, 6) is -0.284. The number of anilines is 2. The van der Waals surface area contributed by atoms with E-state index in [0.29, 0.717) is 18.7 Å². The van der Waals surface area contributed by atoms with Crippen molar-refractivity contribution in [2.24, 2.45) is 5.92 Å². The number of rotatable bonds is 9. The molecule has 10 nitrogen and oxygen atoms in total. The van der Waals surface area contributed by atoms with Gasteiger partial charge in [0, 0.05) is 18.7 Å². The molecule has 10 heteroatoms. The molecular formula is C22H29N7O3. The maximum absolute atomic E-state index is 13.4. The van der Waals surface area contributed by atoms with Crippen LogP contribution in [0.15, 0.2) is 46.5 Å². The number of amides is 1. The number of H-pyrrole nitrogens is 1. The maximum Gasteiger partial charge on any atom is 0.330 e. The lowest BCUT2D eigenvalue weighted by Crippen LogP contribution is -2.42. The normalized spacial score (nSPS) is 11.1. The lowest BCUT2D eigenvalue weighted by atomic mass is 10.1. The zero-order chi connectivity index (χ0) is 23.3. The molecule has 0 unspecified atom stereocenters. The molecular weight excluding hydrogens is 410 g/mol. The molecule has 0 saturated heterocycles. The lowest BCUT2D eigenvalue weighted by molar-refractivity contribution is 0.0983. The van der Waals surface area contributed by atoms with Gasteiger partial charge in [0.25, 0.3) is 11.5 Å². The maximum atomic E-state index is 13.4. The second-order valence-corrected chi connectivity index (χ2v) is 8.10. The van der Waals surface area contributed by atoms with E-state index in [-0.39, 0.29) is 29.9 Å². The minimum atomic E-state index is -0.669. The monoisotopic (exact) mass is 439 g/mol. The van der Waals surface area contributed by atoms with E-state index in [1.54, 1.807) is 23.1 Å². The Kier molecular flexibility index (Phi) is 7.24. The van der Waals surface area contributed by atoms with E-state index in [1.165, 1.54) is 15.8 Å². The van der Waals surface area contributed by atoms with Crippen LogP contribution in [0.3, 0.4) is 0 Å². The highest BCUT2D eigenvalue weighted by molar-refractivity contribution is 6.07. The fourth-order valence-corrected chi connectivity index (χ4v) is 3.43. The van der Waals surface area contributed by atoms with E-state index in [4.69, 9.17) is 5.73 Å². The zero-order valence-corrected chi connectivity index (χ0v) is 18.6. The summed E-state index contributed by atoms with van der Waals surface area (Å²) in [7, 11) is 0. The summed E-state index contributed by atoms with van der Waals surface area (Å²) in [5.41, 5.74) is 6.38. The zero-order valence-electron chi connectivity index (χ0n) is 18.6. The first kappa shape index (κ1) is 23.0. The van der Waals surface area contributed by atoms with Gasteiger partial charge in [-0.05, 0) is 30.0 Å². The first-order chi connectivity index (χ1) is 15.3. The molecule has 3 aromatic rings. The van der Waals surface area contributed by atoms with Gasteiger partial charge in [-0.15, -0.1) is 0 Å². The molecule has 0 radical (unpaired) electrons. The SMILES string of the molecule is CCCCn1c(N)c(N(CC(C)C)C(=O)c2ccc(Cn3cncn3)cc2)c(=O)[nH]c1=O. The Morgan fingerprint density at radius 3 is 2.53 bits per heavy atom. The van der Waals surface area contributed by atoms with Crippen LogP contribution in [0.2, 0.25) is 0 Å². The van der Waals surface area contributed by atoms with Gasteiger partial charge < -0.3 is 10.6 Å². The smallest absolute Gasteiger partial charge is 0.330 e. The Labute approximate surface area is 185 Å². The van der Waals surface area contributed by atoms with Gasteiger partial charge in [0.1, 0.15) is 18.5 Å². The van der Waals surface area contributed by atoms with Crippen molar-refractivity contribution in [1.29, 1.82) is 0 Å². The molecule has 2 aromatic heterocycles. The number of unbranched alkanes of at least 4 members (excludes halogenated alkanes) is 1. The molecule has 0 spiro atoms.